The average Bonchev–Trinajstić information content (AvgIpc) is 3.33. The van der Waals surface area contributed by atoms with Gasteiger partial charge in [-0.25, -0.2) is 4.98 Å². The minimum atomic E-state index is 0.0279. The van der Waals surface area contributed by atoms with E-state index in [0.717, 1.165) is 54.3 Å². The summed E-state index contributed by atoms with van der Waals surface area (Å²) in [6, 6.07) is 7.95. The normalized spacial score (nSPS) is 17.3. The molecule has 140 valence electrons. The zero-order valence-corrected chi connectivity index (χ0v) is 15.9. The summed E-state index contributed by atoms with van der Waals surface area (Å²) in [5, 5.41) is 0. The second-order valence-electron chi connectivity index (χ2n) is 7.18. The van der Waals surface area contributed by atoms with Gasteiger partial charge < -0.3 is 14.5 Å². The molecule has 27 heavy (non-hydrogen) atoms. The standard InChI is InChI=1S/C21H25N5O/c1-15-13-18(16(2)26(15)14-17-7-3-5-9-22-17)21(27)25-12-6-4-8-19(25)20-23-10-11-24-20/h3,5,7,9-11,13,19H,4,6,8,12,14H2,1-2H3,(H,23,24). The molecule has 0 spiro atoms. The minimum absolute atomic E-state index is 0.0279. The van der Waals surface area contributed by atoms with Crippen LogP contribution in [-0.2, 0) is 6.54 Å². The second-order valence-corrected chi connectivity index (χ2v) is 7.18. The molecule has 1 saturated heterocycles. The number of aromatic amines is 1. The van der Waals surface area contributed by atoms with Crippen LogP contribution in [0.1, 0.15) is 58.6 Å². The largest absolute Gasteiger partial charge is 0.347 e. The van der Waals surface area contributed by atoms with Crippen molar-refractivity contribution in [2.24, 2.45) is 0 Å². The van der Waals surface area contributed by atoms with Crippen LogP contribution < -0.4 is 0 Å². The van der Waals surface area contributed by atoms with E-state index in [0.29, 0.717) is 6.54 Å². The maximum Gasteiger partial charge on any atom is 0.256 e. The van der Waals surface area contributed by atoms with Crippen molar-refractivity contribution in [1.82, 2.24) is 24.4 Å². The highest BCUT2D eigenvalue weighted by Crippen LogP contribution is 2.31. The summed E-state index contributed by atoms with van der Waals surface area (Å²) in [5.74, 6) is 0.974. The minimum Gasteiger partial charge on any atom is -0.347 e. The van der Waals surface area contributed by atoms with Crippen LogP contribution in [0.4, 0.5) is 0 Å². The Hall–Kier alpha value is -2.89. The predicted molar refractivity (Wildman–Crippen MR) is 103 cm³/mol. The van der Waals surface area contributed by atoms with Gasteiger partial charge in [-0.3, -0.25) is 9.78 Å². The lowest BCUT2D eigenvalue weighted by Crippen LogP contribution is -2.39. The van der Waals surface area contributed by atoms with Gasteiger partial charge in [0.1, 0.15) is 5.82 Å². The van der Waals surface area contributed by atoms with E-state index in [4.69, 9.17) is 0 Å². The van der Waals surface area contributed by atoms with Crippen molar-refractivity contribution in [3.8, 4) is 0 Å². The van der Waals surface area contributed by atoms with Crippen molar-refractivity contribution >= 4 is 5.91 Å². The van der Waals surface area contributed by atoms with Gasteiger partial charge in [-0.05, 0) is 51.3 Å². The number of pyridine rings is 1. The van der Waals surface area contributed by atoms with Crippen LogP contribution >= 0.6 is 0 Å². The molecule has 0 saturated carbocycles. The molecule has 4 rings (SSSR count). The first-order chi connectivity index (χ1) is 13.1. The van der Waals surface area contributed by atoms with Crippen molar-refractivity contribution in [1.29, 1.82) is 0 Å². The summed E-state index contributed by atoms with van der Waals surface area (Å²) in [6.07, 6.45) is 8.49. The Morgan fingerprint density at radius 3 is 2.85 bits per heavy atom. The molecule has 1 atom stereocenters. The Kier molecular flexibility index (Phi) is 4.79. The molecule has 6 heteroatoms. The molecule has 0 aliphatic carbocycles. The summed E-state index contributed by atoms with van der Waals surface area (Å²) in [7, 11) is 0. The Morgan fingerprint density at radius 2 is 2.11 bits per heavy atom. The van der Waals surface area contributed by atoms with Crippen molar-refractivity contribution in [2.75, 3.05) is 6.54 Å². The summed E-state index contributed by atoms with van der Waals surface area (Å²) >= 11 is 0. The first-order valence-electron chi connectivity index (χ1n) is 9.52. The van der Waals surface area contributed by atoms with E-state index in [-0.39, 0.29) is 11.9 Å². The number of hydrogen-bond acceptors (Lipinski definition) is 3. The van der Waals surface area contributed by atoms with E-state index < -0.39 is 0 Å². The number of aryl methyl sites for hydroxylation is 1. The van der Waals surface area contributed by atoms with Crippen LogP contribution in [-0.4, -0.2) is 36.9 Å². The molecule has 1 unspecified atom stereocenters. The van der Waals surface area contributed by atoms with Crippen LogP contribution in [0.15, 0.2) is 42.9 Å². The van der Waals surface area contributed by atoms with E-state index in [1.54, 1.807) is 12.4 Å². The summed E-state index contributed by atoms with van der Waals surface area (Å²) in [6.45, 7) is 5.52. The smallest absolute Gasteiger partial charge is 0.256 e. The van der Waals surface area contributed by atoms with Crippen molar-refractivity contribution in [2.45, 2.75) is 45.7 Å². The molecule has 0 radical (unpaired) electrons. The molecule has 3 aromatic heterocycles. The van der Waals surface area contributed by atoms with Gasteiger partial charge in [0.05, 0.1) is 23.8 Å². The fourth-order valence-corrected chi connectivity index (χ4v) is 3.99. The third-order valence-electron chi connectivity index (χ3n) is 5.45. The highest BCUT2D eigenvalue weighted by Gasteiger charge is 2.31. The number of carbonyl (C=O) groups is 1. The summed E-state index contributed by atoms with van der Waals surface area (Å²) in [5.41, 5.74) is 3.84. The molecule has 1 aliphatic rings. The van der Waals surface area contributed by atoms with Gasteiger partial charge in [-0.2, -0.15) is 0 Å². The van der Waals surface area contributed by atoms with E-state index in [2.05, 4.69) is 19.5 Å². The molecule has 1 amide bonds. The number of nitrogens with one attached hydrogen (secondary N) is 1. The number of amides is 1. The van der Waals surface area contributed by atoms with E-state index in [1.165, 1.54) is 0 Å². The monoisotopic (exact) mass is 363 g/mol. The number of hydrogen-bond donors (Lipinski definition) is 1. The first kappa shape index (κ1) is 17.5. The molecule has 0 bridgehead atoms. The number of aromatic nitrogens is 4. The molecule has 1 fully saturated rings. The molecule has 0 aromatic carbocycles. The third-order valence-corrected chi connectivity index (χ3v) is 5.45. The Balaban J connectivity index is 1.62. The number of piperidine rings is 1. The SMILES string of the molecule is Cc1cc(C(=O)N2CCCCC2c2ncc[nH]2)c(C)n1Cc1ccccn1. The van der Waals surface area contributed by atoms with Gasteiger partial charge in [0.2, 0.25) is 0 Å². The number of H-pyrrole nitrogens is 1. The van der Waals surface area contributed by atoms with Gasteiger partial charge in [-0.1, -0.05) is 6.07 Å². The van der Waals surface area contributed by atoms with Crippen molar-refractivity contribution in [3.63, 3.8) is 0 Å². The van der Waals surface area contributed by atoms with Gasteiger partial charge >= 0.3 is 0 Å². The van der Waals surface area contributed by atoms with Crippen LogP contribution in [0.3, 0.4) is 0 Å². The molecule has 3 aromatic rings. The molecular formula is C21H25N5O. The Bertz CT molecular complexity index is 914. The molecular weight excluding hydrogens is 338 g/mol. The Morgan fingerprint density at radius 1 is 1.22 bits per heavy atom. The summed E-state index contributed by atoms with van der Waals surface area (Å²) < 4.78 is 2.17. The van der Waals surface area contributed by atoms with Crippen LogP contribution in [0.5, 0.6) is 0 Å². The van der Waals surface area contributed by atoms with E-state index >= 15 is 0 Å². The lowest BCUT2D eigenvalue weighted by Gasteiger charge is -2.34. The number of likely N-dealkylation sites (tertiary alicyclic amines) is 1. The average molecular weight is 363 g/mol. The topological polar surface area (TPSA) is 66.8 Å². The quantitative estimate of drug-likeness (QED) is 0.769. The number of nitrogens with zero attached hydrogens (tertiary/aromatic N) is 4. The van der Waals surface area contributed by atoms with E-state index in [1.807, 2.05) is 49.2 Å². The molecule has 1 N–H and O–H groups in total. The van der Waals surface area contributed by atoms with Gasteiger partial charge in [0, 0.05) is 36.5 Å². The highest BCUT2D eigenvalue weighted by molar-refractivity contribution is 5.96. The first-order valence-corrected chi connectivity index (χ1v) is 9.52. The van der Waals surface area contributed by atoms with E-state index in [9.17, 15) is 4.79 Å². The zero-order valence-electron chi connectivity index (χ0n) is 15.9. The maximum atomic E-state index is 13.4. The maximum absolute atomic E-state index is 13.4. The summed E-state index contributed by atoms with van der Waals surface area (Å²) in [4.78, 5) is 27.4. The lowest BCUT2D eigenvalue weighted by molar-refractivity contribution is 0.0600. The third kappa shape index (κ3) is 3.39. The second kappa shape index (κ2) is 7.39. The van der Waals surface area contributed by atoms with Crippen molar-refractivity contribution in [3.05, 3.63) is 71.3 Å². The fraction of sp³-hybridized carbons (Fsp3) is 0.381. The predicted octanol–water partition coefficient (Wildman–Crippen LogP) is 3.64. The van der Waals surface area contributed by atoms with Crippen LogP contribution in [0, 0.1) is 13.8 Å². The zero-order chi connectivity index (χ0) is 18.8. The van der Waals surface area contributed by atoms with Crippen molar-refractivity contribution < 1.29 is 4.79 Å². The molecule has 1 aliphatic heterocycles. The van der Waals surface area contributed by atoms with Crippen LogP contribution in [0.25, 0.3) is 0 Å². The number of rotatable bonds is 4. The number of carbonyl (C=O) groups excluding carboxylic acids is 1. The lowest BCUT2D eigenvalue weighted by atomic mass is 10.00. The van der Waals surface area contributed by atoms with Gasteiger partial charge in [0.15, 0.2) is 0 Å². The number of imidazole rings is 1. The Labute approximate surface area is 159 Å². The molecule has 4 heterocycles. The van der Waals surface area contributed by atoms with Crippen LogP contribution in [0.2, 0.25) is 0 Å². The van der Waals surface area contributed by atoms with Gasteiger partial charge in [0.25, 0.3) is 5.91 Å². The molecule has 6 nitrogen and oxygen atoms in total. The highest BCUT2D eigenvalue weighted by atomic mass is 16.2. The van der Waals surface area contributed by atoms with Gasteiger partial charge in [-0.15, -0.1) is 0 Å². The fourth-order valence-electron chi connectivity index (χ4n) is 3.99.